The fourth-order valence-corrected chi connectivity index (χ4v) is 2.79. The molecule has 2 unspecified atom stereocenters. The molecule has 0 amide bonds. The molecule has 0 aromatic carbocycles. The molecular weight excluding hydrogens is 231 g/mol. The molecular formula is C14H23O2P. The zero-order chi connectivity index (χ0) is 12.3. The van der Waals surface area contributed by atoms with Gasteiger partial charge in [-0.25, -0.2) is 0 Å². The molecule has 1 rings (SSSR count). The van der Waals surface area contributed by atoms with E-state index in [4.69, 9.17) is 4.74 Å². The van der Waals surface area contributed by atoms with Crippen LogP contribution < -0.4 is 0 Å². The molecule has 1 aliphatic rings. The lowest BCUT2D eigenvalue weighted by atomic mass is 10.1. The van der Waals surface area contributed by atoms with Crippen molar-refractivity contribution >= 4 is 14.1 Å². The van der Waals surface area contributed by atoms with Gasteiger partial charge in [0, 0.05) is 0 Å². The van der Waals surface area contributed by atoms with Crippen molar-refractivity contribution in [3.63, 3.8) is 0 Å². The maximum atomic E-state index is 11.7. The Morgan fingerprint density at radius 3 is 2.65 bits per heavy atom. The maximum Gasteiger partial charge on any atom is 0.195 e. The van der Waals surface area contributed by atoms with E-state index in [9.17, 15) is 4.79 Å². The van der Waals surface area contributed by atoms with E-state index in [0.717, 1.165) is 6.16 Å². The van der Waals surface area contributed by atoms with Crippen molar-refractivity contribution < 1.29 is 9.53 Å². The van der Waals surface area contributed by atoms with Crippen molar-refractivity contribution in [2.45, 2.75) is 51.6 Å². The fourth-order valence-electron chi connectivity index (χ4n) is 1.75. The summed E-state index contributed by atoms with van der Waals surface area (Å²) >= 11 is 0. The predicted octanol–water partition coefficient (Wildman–Crippen LogP) is 4.02. The van der Waals surface area contributed by atoms with Crippen LogP contribution in [0.5, 0.6) is 0 Å². The Balaban J connectivity index is 1.97. The van der Waals surface area contributed by atoms with Gasteiger partial charge in [0.2, 0.25) is 0 Å². The van der Waals surface area contributed by atoms with Crippen molar-refractivity contribution in [1.29, 1.82) is 0 Å². The van der Waals surface area contributed by atoms with Gasteiger partial charge in [0.25, 0.3) is 0 Å². The second-order valence-corrected chi connectivity index (χ2v) is 5.68. The second kappa shape index (κ2) is 9.41. The van der Waals surface area contributed by atoms with E-state index in [1.54, 1.807) is 12.3 Å². The molecule has 3 heteroatoms. The topological polar surface area (TPSA) is 26.3 Å². The van der Waals surface area contributed by atoms with Crippen LogP contribution in [-0.4, -0.2) is 17.8 Å². The Bertz CT molecular complexity index is 271. The Hall–Kier alpha value is -0.620. The van der Waals surface area contributed by atoms with Crippen LogP contribution in [0.25, 0.3) is 0 Å². The van der Waals surface area contributed by atoms with Gasteiger partial charge < -0.3 is 4.74 Å². The average molecular weight is 254 g/mol. The molecule has 0 aromatic rings. The van der Waals surface area contributed by atoms with Gasteiger partial charge in [-0.1, -0.05) is 45.1 Å². The van der Waals surface area contributed by atoms with Crippen LogP contribution in [0.2, 0.25) is 0 Å². The third-order valence-corrected chi connectivity index (χ3v) is 4.03. The number of ether oxygens (including phenoxy) is 1. The van der Waals surface area contributed by atoms with E-state index in [0.29, 0.717) is 8.58 Å². The zero-order valence-electron chi connectivity index (χ0n) is 10.7. The highest BCUT2D eigenvalue weighted by Gasteiger charge is 2.15. The van der Waals surface area contributed by atoms with Crippen LogP contribution in [0.3, 0.4) is 0 Å². The van der Waals surface area contributed by atoms with Crippen molar-refractivity contribution in [2.75, 3.05) is 6.16 Å². The van der Waals surface area contributed by atoms with Gasteiger partial charge in [0.1, 0.15) is 0 Å². The highest BCUT2D eigenvalue weighted by Crippen LogP contribution is 2.21. The Labute approximate surface area is 106 Å². The molecule has 1 heterocycles. The van der Waals surface area contributed by atoms with Crippen LogP contribution in [-0.2, 0) is 9.53 Å². The van der Waals surface area contributed by atoms with E-state index >= 15 is 0 Å². The number of hydrogen-bond donors (Lipinski definition) is 0. The van der Waals surface area contributed by atoms with Crippen molar-refractivity contribution in [3.05, 3.63) is 24.5 Å². The quantitative estimate of drug-likeness (QED) is 0.459. The first-order valence-corrected chi connectivity index (χ1v) is 7.82. The number of hydrogen-bond acceptors (Lipinski definition) is 2. The number of carbonyl (C=O) groups is 1. The molecule has 2 atom stereocenters. The first-order valence-electron chi connectivity index (χ1n) is 6.61. The Kier molecular flexibility index (Phi) is 8.00. The minimum atomic E-state index is -0.321. The number of unbranched alkanes of at least 4 members (excludes halogenated alkanes) is 5. The van der Waals surface area contributed by atoms with E-state index in [-0.39, 0.29) is 11.6 Å². The third kappa shape index (κ3) is 6.63. The molecule has 0 saturated heterocycles. The van der Waals surface area contributed by atoms with Gasteiger partial charge >= 0.3 is 0 Å². The summed E-state index contributed by atoms with van der Waals surface area (Å²) in [5, 5.41) is 0. The maximum absolute atomic E-state index is 11.7. The molecule has 0 radical (unpaired) electrons. The Morgan fingerprint density at radius 2 is 1.94 bits per heavy atom. The summed E-state index contributed by atoms with van der Waals surface area (Å²) in [5.74, 6) is 0. The lowest BCUT2D eigenvalue weighted by Gasteiger charge is -2.13. The predicted molar refractivity (Wildman–Crippen MR) is 74.7 cm³/mol. The number of allylic oxidation sites excluding steroid dienone is 2. The molecule has 17 heavy (non-hydrogen) atoms. The van der Waals surface area contributed by atoms with Gasteiger partial charge in [-0.3, -0.25) is 4.79 Å². The molecule has 0 aromatic heterocycles. The van der Waals surface area contributed by atoms with E-state index in [1.165, 1.54) is 38.5 Å². The molecule has 0 spiro atoms. The summed E-state index contributed by atoms with van der Waals surface area (Å²) in [6, 6.07) is 0. The summed E-state index contributed by atoms with van der Waals surface area (Å²) in [6.45, 7) is 2.23. The van der Waals surface area contributed by atoms with Crippen LogP contribution >= 0.6 is 8.58 Å². The van der Waals surface area contributed by atoms with Gasteiger partial charge in [-0.15, -0.1) is 0 Å². The standard InChI is InChI=1S/C14H23O2P/c1-2-3-4-5-6-9-12-17-14(15)13-10-7-8-11-16-13/h7-8,10-11,13,17H,2-6,9,12H2,1H3. The first-order chi connectivity index (χ1) is 8.34. The van der Waals surface area contributed by atoms with E-state index in [2.05, 4.69) is 6.92 Å². The van der Waals surface area contributed by atoms with Gasteiger partial charge in [-0.05, 0) is 33.3 Å². The lowest BCUT2D eigenvalue weighted by molar-refractivity contribution is -0.117. The largest absolute Gasteiger partial charge is 0.486 e. The van der Waals surface area contributed by atoms with Crippen LogP contribution in [0.1, 0.15) is 45.4 Å². The minimum Gasteiger partial charge on any atom is -0.486 e. The molecule has 0 bridgehead atoms. The summed E-state index contributed by atoms with van der Waals surface area (Å²) in [6.07, 6.45) is 15.5. The molecule has 0 N–H and O–H groups in total. The summed E-state index contributed by atoms with van der Waals surface area (Å²) < 4.78 is 5.24. The Morgan fingerprint density at radius 1 is 1.18 bits per heavy atom. The van der Waals surface area contributed by atoms with Gasteiger partial charge in [-0.2, -0.15) is 0 Å². The third-order valence-electron chi connectivity index (χ3n) is 2.79. The fraction of sp³-hybridized carbons (Fsp3) is 0.643. The molecule has 0 fully saturated rings. The first kappa shape index (κ1) is 14.4. The molecule has 0 saturated carbocycles. The summed E-state index contributed by atoms with van der Waals surface area (Å²) in [7, 11) is 0.400. The highest BCUT2D eigenvalue weighted by atomic mass is 31.1. The number of carbonyl (C=O) groups excluding carboxylic acids is 1. The number of rotatable bonds is 9. The second-order valence-electron chi connectivity index (χ2n) is 4.33. The molecule has 0 aliphatic carbocycles. The van der Waals surface area contributed by atoms with Crippen molar-refractivity contribution in [1.82, 2.24) is 0 Å². The van der Waals surface area contributed by atoms with Crippen LogP contribution in [0, 0.1) is 0 Å². The molecule has 2 nitrogen and oxygen atoms in total. The van der Waals surface area contributed by atoms with Crippen molar-refractivity contribution in [2.24, 2.45) is 0 Å². The SMILES string of the molecule is CCCCCCCCPC(=O)C1C=CC=CO1. The van der Waals surface area contributed by atoms with E-state index in [1.807, 2.05) is 12.2 Å². The minimum absolute atomic E-state index is 0.235. The van der Waals surface area contributed by atoms with Crippen LogP contribution in [0.15, 0.2) is 24.5 Å². The van der Waals surface area contributed by atoms with Gasteiger partial charge in [0.05, 0.1) is 6.26 Å². The zero-order valence-corrected chi connectivity index (χ0v) is 11.7. The van der Waals surface area contributed by atoms with Crippen LogP contribution in [0.4, 0.5) is 0 Å². The molecule has 1 aliphatic heterocycles. The monoisotopic (exact) mass is 254 g/mol. The van der Waals surface area contributed by atoms with E-state index < -0.39 is 0 Å². The normalized spacial score (nSPS) is 18.8. The van der Waals surface area contributed by atoms with Gasteiger partial charge in [0.15, 0.2) is 11.6 Å². The molecule has 96 valence electrons. The summed E-state index contributed by atoms with van der Waals surface area (Å²) in [5.41, 5.74) is 0.235. The summed E-state index contributed by atoms with van der Waals surface area (Å²) in [4.78, 5) is 11.7. The lowest BCUT2D eigenvalue weighted by Crippen LogP contribution is -2.17. The van der Waals surface area contributed by atoms with Crippen molar-refractivity contribution in [3.8, 4) is 0 Å². The smallest absolute Gasteiger partial charge is 0.195 e. The highest BCUT2D eigenvalue weighted by molar-refractivity contribution is 7.58. The average Bonchev–Trinajstić information content (AvgIpc) is 2.38.